The van der Waals surface area contributed by atoms with E-state index >= 15 is 0 Å². The van der Waals surface area contributed by atoms with E-state index in [0.29, 0.717) is 17.1 Å². The van der Waals surface area contributed by atoms with Crippen LogP contribution in [0.2, 0.25) is 0 Å². The molecule has 0 aliphatic heterocycles. The summed E-state index contributed by atoms with van der Waals surface area (Å²) >= 11 is 4.04. The SMILES string of the molecule is Fc1cccc2cc(CS)oc12. The van der Waals surface area contributed by atoms with E-state index in [1.807, 2.05) is 6.07 Å². The molecule has 0 saturated heterocycles. The van der Waals surface area contributed by atoms with Crippen LogP contribution in [0.1, 0.15) is 5.76 Å². The van der Waals surface area contributed by atoms with E-state index in [1.165, 1.54) is 6.07 Å². The van der Waals surface area contributed by atoms with Gasteiger partial charge in [0.25, 0.3) is 0 Å². The lowest BCUT2D eigenvalue weighted by Crippen LogP contribution is -1.71. The van der Waals surface area contributed by atoms with Crippen molar-refractivity contribution in [1.29, 1.82) is 0 Å². The lowest BCUT2D eigenvalue weighted by atomic mass is 10.2. The number of fused-ring (bicyclic) bond motifs is 1. The summed E-state index contributed by atoms with van der Waals surface area (Å²) in [5.74, 6) is 0.868. The van der Waals surface area contributed by atoms with Crippen LogP contribution in [0.4, 0.5) is 4.39 Å². The van der Waals surface area contributed by atoms with E-state index < -0.39 is 0 Å². The summed E-state index contributed by atoms with van der Waals surface area (Å²) in [7, 11) is 0. The Bertz CT molecular complexity index is 408. The van der Waals surface area contributed by atoms with Gasteiger partial charge in [0.15, 0.2) is 11.4 Å². The number of para-hydroxylation sites is 1. The zero-order chi connectivity index (χ0) is 8.55. The van der Waals surface area contributed by atoms with Crippen molar-refractivity contribution >= 4 is 23.6 Å². The van der Waals surface area contributed by atoms with Gasteiger partial charge in [-0.3, -0.25) is 0 Å². The molecule has 1 nitrogen and oxygen atoms in total. The fourth-order valence-electron chi connectivity index (χ4n) is 1.16. The van der Waals surface area contributed by atoms with Crippen LogP contribution >= 0.6 is 12.6 Å². The molecule has 62 valence electrons. The molecule has 0 aliphatic rings. The Kier molecular flexibility index (Phi) is 1.81. The highest BCUT2D eigenvalue weighted by atomic mass is 32.1. The monoisotopic (exact) mass is 182 g/mol. The summed E-state index contributed by atoms with van der Waals surface area (Å²) in [6.07, 6.45) is 0. The summed E-state index contributed by atoms with van der Waals surface area (Å²) in [5.41, 5.74) is 0.321. The summed E-state index contributed by atoms with van der Waals surface area (Å²) in [6, 6.07) is 6.66. The average molecular weight is 182 g/mol. The average Bonchev–Trinajstić information content (AvgIpc) is 2.49. The molecular formula is C9H7FOS. The molecule has 1 aromatic carbocycles. The van der Waals surface area contributed by atoms with Crippen molar-refractivity contribution in [1.82, 2.24) is 0 Å². The maximum Gasteiger partial charge on any atom is 0.169 e. The number of halogens is 1. The number of hydrogen-bond donors (Lipinski definition) is 1. The summed E-state index contributed by atoms with van der Waals surface area (Å²) in [5, 5.41) is 0.791. The van der Waals surface area contributed by atoms with Gasteiger partial charge in [-0.25, -0.2) is 4.39 Å². The Labute approximate surface area is 74.6 Å². The van der Waals surface area contributed by atoms with E-state index in [0.717, 1.165) is 5.39 Å². The Hall–Kier alpha value is -0.960. The predicted molar refractivity (Wildman–Crippen MR) is 48.9 cm³/mol. The standard InChI is InChI=1S/C9H7FOS/c10-8-3-1-2-6-4-7(5-12)11-9(6)8/h1-4,12H,5H2. The highest BCUT2D eigenvalue weighted by molar-refractivity contribution is 7.79. The van der Waals surface area contributed by atoms with Crippen LogP contribution in [-0.2, 0) is 5.75 Å². The Balaban J connectivity index is 2.74. The molecule has 1 heterocycles. The normalized spacial score (nSPS) is 10.8. The molecule has 0 bridgehead atoms. The third-order valence-corrected chi connectivity index (χ3v) is 2.01. The van der Waals surface area contributed by atoms with Crippen LogP contribution in [0, 0.1) is 5.82 Å². The van der Waals surface area contributed by atoms with Gasteiger partial charge in [0.1, 0.15) is 5.76 Å². The van der Waals surface area contributed by atoms with E-state index in [-0.39, 0.29) is 5.82 Å². The summed E-state index contributed by atoms with van der Waals surface area (Å²) < 4.78 is 18.2. The zero-order valence-electron chi connectivity index (χ0n) is 6.25. The molecule has 0 saturated carbocycles. The van der Waals surface area contributed by atoms with Gasteiger partial charge in [-0.05, 0) is 12.1 Å². The van der Waals surface area contributed by atoms with Crippen molar-refractivity contribution in [3.05, 3.63) is 35.8 Å². The van der Waals surface area contributed by atoms with Crippen molar-refractivity contribution in [2.24, 2.45) is 0 Å². The zero-order valence-corrected chi connectivity index (χ0v) is 7.14. The van der Waals surface area contributed by atoms with Gasteiger partial charge in [0.2, 0.25) is 0 Å². The predicted octanol–water partition coefficient (Wildman–Crippen LogP) is 3.00. The molecule has 3 heteroatoms. The number of rotatable bonds is 1. The molecule has 0 amide bonds. The van der Waals surface area contributed by atoms with E-state index in [9.17, 15) is 4.39 Å². The van der Waals surface area contributed by atoms with Gasteiger partial charge >= 0.3 is 0 Å². The minimum absolute atomic E-state index is 0.319. The Morgan fingerprint density at radius 1 is 1.42 bits per heavy atom. The minimum Gasteiger partial charge on any atom is -0.457 e. The molecular weight excluding hydrogens is 175 g/mol. The molecule has 0 atom stereocenters. The Morgan fingerprint density at radius 3 is 2.92 bits per heavy atom. The van der Waals surface area contributed by atoms with Crippen LogP contribution in [0.15, 0.2) is 28.7 Å². The van der Waals surface area contributed by atoms with Crippen molar-refractivity contribution in [2.75, 3.05) is 0 Å². The topological polar surface area (TPSA) is 13.1 Å². The van der Waals surface area contributed by atoms with Crippen LogP contribution in [0.25, 0.3) is 11.0 Å². The maximum atomic E-state index is 13.0. The molecule has 0 unspecified atom stereocenters. The van der Waals surface area contributed by atoms with Gasteiger partial charge in [-0.1, -0.05) is 12.1 Å². The second-order valence-corrected chi connectivity index (χ2v) is 2.85. The first kappa shape index (κ1) is 7.68. The first-order valence-electron chi connectivity index (χ1n) is 3.59. The number of hydrogen-bond acceptors (Lipinski definition) is 2. The second kappa shape index (κ2) is 2.83. The van der Waals surface area contributed by atoms with Crippen molar-refractivity contribution in [2.45, 2.75) is 5.75 Å². The molecule has 12 heavy (non-hydrogen) atoms. The quantitative estimate of drug-likeness (QED) is 0.669. The minimum atomic E-state index is -0.319. The van der Waals surface area contributed by atoms with Gasteiger partial charge in [0, 0.05) is 11.1 Å². The lowest BCUT2D eigenvalue weighted by molar-refractivity contribution is 0.536. The van der Waals surface area contributed by atoms with Crippen LogP contribution in [0.3, 0.4) is 0 Å². The smallest absolute Gasteiger partial charge is 0.169 e. The van der Waals surface area contributed by atoms with Crippen molar-refractivity contribution in [3.63, 3.8) is 0 Å². The highest BCUT2D eigenvalue weighted by Crippen LogP contribution is 2.22. The van der Waals surface area contributed by atoms with Gasteiger partial charge in [-0.2, -0.15) is 12.6 Å². The summed E-state index contributed by atoms with van der Waals surface area (Å²) in [4.78, 5) is 0. The largest absolute Gasteiger partial charge is 0.457 e. The third kappa shape index (κ3) is 1.10. The van der Waals surface area contributed by atoms with Crippen LogP contribution in [-0.4, -0.2) is 0 Å². The molecule has 2 aromatic rings. The van der Waals surface area contributed by atoms with Crippen LogP contribution < -0.4 is 0 Å². The molecule has 0 radical (unpaired) electrons. The molecule has 0 N–H and O–H groups in total. The van der Waals surface area contributed by atoms with Crippen molar-refractivity contribution < 1.29 is 8.81 Å². The molecule has 0 fully saturated rings. The fraction of sp³-hybridized carbons (Fsp3) is 0.111. The van der Waals surface area contributed by atoms with Gasteiger partial charge < -0.3 is 4.42 Å². The van der Waals surface area contributed by atoms with Crippen LogP contribution in [0.5, 0.6) is 0 Å². The highest BCUT2D eigenvalue weighted by Gasteiger charge is 2.05. The van der Waals surface area contributed by atoms with Gasteiger partial charge in [0.05, 0.1) is 0 Å². The summed E-state index contributed by atoms with van der Waals surface area (Å²) in [6.45, 7) is 0. The Morgan fingerprint density at radius 2 is 2.25 bits per heavy atom. The maximum absolute atomic E-state index is 13.0. The molecule has 0 spiro atoms. The third-order valence-electron chi connectivity index (χ3n) is 1.70. The first-order chi connectivity index (χ1) is 5.81. The second-order valence-electron chi connectivity index (χ2n) is 2.53. The number of benzene rings is 1. The molecule has 1 aromatic heterocycles. The van der Waals surface area contributed by atoms with Gasteiger partial charge in [-0.15, -0.1) is 0 Å². The lowest BCUT2D eigenvalue weighted by Gasteiger charge is -1.88. The number of thiol groups is 1. The number of furan rings is 1. The first-order valence-corrected chi connectivity index (χ1v) is 4.22. The molecule has 0 aliphatic carbocycles. The van der Waals surface area contributed by atoms with E-state index in [1.54, 1.807) is 12.1 Å². The van der Waals surface area contributed by atoms with Crippen molar-refractivity contribution in [3.8, 4) is 0 Å². The molecule has 2 rings (SSSR count). The van der Waals surface area contributed by atoms with E-state index in [2.05, 4.69) is 12.6 Å². The fourth-order valence-corrected chi connectivity index (χ4v) is 1.31. The van der Waals surface area contributed by atoms with E-state index in [4.69, 9.17) is 4.42 Å².